The molecule has 13 heavy (non-hydrogen) atoms. The Bertz CT molecular complexity index is 136. The van der Waals surface area contributed by atoms with E-state index in [0.717, 1.165) is 24.9 Å². The fourth-order valence-electron chi connectivity index (χ4n) is 2.17. The highest BCUT2D eigenvalue weighted by Gasteiger charge is 2.20. The maximum absolute atomic E-state index is 9.09. The van der Waals surface area contributed by atoms with Gasteiger partial charge in [0.25, 0.3) is 0 Å². The number of rotatable bonds is 4. The van der Waals surface area contributed by atoms with Gasteiger partial charge in [-0.2, -0.15) is 0 Å². The second kappa shape index (κ2) is 5.61. The van der Waals surface area contributed by atoms with Crippen molar-refractivity contribution in [3.63, 3.8) is 0 Å². The van der Waals surface area contributed by atoms with Gasteiger partial charge in [-0.25, -0.2) is 0 Å². The Labute approximate surface area is 81.7 Å². The van der Waals surface area contributed by atoms with Crippen LogP contribution in [-0.2, 0) is 0 Å². The van der Waals surface area contributed by atoms with E-state index in [1.165, 1.54) is 25.7 Å². The summed E-state index contributed by atoms with van der Waals surface area (Å²) in [4.78, 5) is 0. The summed E-state index contributed by atoms with van der Waals surface area (Å²) in [5.74, 6) is 1.71. The summed E-state index contributed by atoms with van der Waals surface area (Å²) >= 11 is 0. The first-order valence-corrected chi connectivity index (χ1v) is 5.59. The van der Waals surface area contributed by atoms with Gasteiger partial charge in [-0.3, -0.25) is 0 Å². The predicted molar refractivity (Wildman–Crippen MR) is 55.7 cm³/mol. The van der Waals surface area contributed by atoms with E-state index >= 15 is 0 Å². The highest BCUT2D eigenvalue weighted by atomic mass is 16.3. The molecule has 2 heteroatoms. The van der Waals surface area contributed by atoms with E-state index in [1.54, 1.807) is 0 Å². The van der Waals surface area contributed by atoms with Crippen LogP contribution in [0.1, 0.15) is 39.5 Å². The molecule has 0 bridgehead atoms. The molecule has 1 aliphatic rings. The summed E-state index contributed by atoms with van der Waals surface area (Å²) in [6, 6.07) is 0. The number of hydrogen-bond acceptors (Lipinski definition) is 2. The van der Waals surface area contributed by atoms with Gasteiger partial charge in [-0.05, 0) is 31.7 Å². The third kappa shape index (κ3) is 4.10. The summed E-state index contributed by atoms with van der Waals surface area (Å²) in [6.07, 6.45) is 5.35. The first-order valence-electron chi connectivity index (χ1n) is 5.59. The van der Waals surface area contributed by atoms with Crippen LogP contribution in [0.2, 0.25) is 0 Å². The molecule has 2 unspecified atom stereocenters. The first kappa shape index (κ1) is 11.0. The van der Waals surface area contributed by atoms with Gasteiger partial charge in [-0.1, -0.05) is 26.2 Å². The van der Waals surface area contributed by atoms with Crippen LogP contribution in [0.3, 0.4) is 0 Å². The molecule has 0 amide bonds. The Kier molecular flexibility index (Phi) is 4.74. The fourth-order valence-corrected chi connectivity index (χ4v) is 2.17. The van der Waals surface area contributed by atoms with Gasteiger partial charge in [0.05, 0.1) is 6.10 Å². The standard InChI is InChI=1S/C11H23NO/c1-9-5-3-4-6-11(9)8-12-7-10(2)13/h9-13H,3-8H2,1-2H3/t9?,10-,11?/m1/s1. The van der Waals surface area contributed by atoms with E-state index in [2.05, 4.69) is 12.2 Å². The lowest BCUT2D eigenvalue weighted by molar-refractivity contribution is 0.180. The van der Waals surface area contributed by atoms with Crippen molar-refractivity contribution in [1.82, 2.24) is 5.32 Å². The average molecular weight is 185 g/mol. The van der Waals surface area contributed by atoms with E-state index in [1.807, 2.05) is 6.92 Å². The minimum Gasteiger partial charge on any atom is -0.392 e. The highest BCUT2D eigenvalue weighted by molar-refractivity contribution is 4.74. The van der Waals surface area contributed by atoms with Gasteiger partial charge < -0.3 is 10.4 Å². The molecule has 1 fully saturated rings. The zero-order valence-electron chi connectivity index (χ0n) is 8.92. The number of aliphatic hydroxyl groups excluding tert-OH is 1. The molecule has 0 aliphatic heterocycles. The maximum atomic E-state index is 9.09. The first-order chi connectivity index (χ1) is 6.20. The summed E-state index contributed by atoms with van der Waals surface area (Å²) in [6.45, 7) is 6.01. The molecule has 0 aromatic carbocycles. The van der Waals surface area contributed by atoms with Crippen molar-refractivity contribution in [3.8, 4) is 0 Å². The van der Waals surface area contributed by atoms with E-state index < -0.39 is 0 Å². The van der Waals surface area contributed by atoms with Gasteiger partial charge in [-0.15, -0.1) is 0 Å². The second-order valence-corrected chi connectivity index (χ2v) is 4.53. The third-order valence-electron chi connectivity index (χ3n) is 3.14. The maximum Gasteiger partial charge on any atom is 0.0636 e. The molecule has 0 spiro atoms. The SMILES string of the molecule is CC1CCCCC1CNC[C@@H](C)O. The molecule has 0 saturated heterocycles. The van der Waals surface area contributed by atoms with Crippen molar-refractivity contribution in [2.75, 3.05) is 13.1 Å². The van der Waals surface area contributed by atoms with Crippen molar-refractivity contribution in [2.24, 2.45) is 11.8 Å². The van der Waals surface area contributed by atoms with Gasteiger partial charge >= 0.3 is 0 Å². The summed E-state index contributed by atoms with van der Waals surface area (Å²) in [7, 11) is 0. The normalized spacial score (nSPS) is 31.6. The minimum absolute atomic E-state index is 0.209. The Morgan fingerprint density at radius 3 is 2.69 bits per heavy atom. The molecule has 0 heterocycles. The van der Waals surface area contributed by atoms with Crippen LogP contribution in [0.4, 0.5) is 0 Å². The molecule has 2 nitrogen and oxygen atoms in total. The molecule has 78 valence electrons. The Balaban J connectivity index is 2.11. The molecular formula is C11H23NO. The lowest BCUT2D eigenvalue weighted by Crippen LogP contribution is -2.33. The Hall–Kier alpha value is -0.0800. The van der Waals surface area contributed by atoms with Crippen LogP contribution in [0, 0.1) is 11.8 Å². The molecular weight excluding hydrogens is 162 g/mol. The van der Waals surface area contributed by atoms with Gasteiger partial charge in [0.2, 0.25) is 0 Å². The van der Waals surface area contributed by atoms with Crippen molar-refractivity contribution in [1.29, 1.82) is 0 Å². The number of hydrogen-bond donors (Lipinski definition) is 2. The van der Waals surface area contributed by atoms with Crippen LogP contribution >= 0.6 is 0 Å². The predicted octanol–water partition coefficient (Wildman–Crippen LogP) is 1.78. The molecule has 3 atom stereocenters. The van der Waals surface area contributed by atoms with Crippen LogP contribution < -0.4 is 5.32 Å². The van der Waals surface area contributed by atoms with Crippen LogP contribution in [0.25, 0.3) is 0 Å². The highest BCUT2D eigenvalue weighted by Crippen LogP contribution is 2.28. The average Bonchev–Trinajstić information content (AvgIpc) is 2.08. The molecule has 0 aromatic rings. The zero-order valence-corrected chi connectivity index (χ0v) is 8.92. The Morgan fingerprint density at radius 1 is 1.38 bits per heavy atom. The van der Waals surface area contributed by atoms with Crippen LogP contribution in [-0.4, -0.2) is 24.3 Å². The fraction of sp³-hybridized carbons (Fsp3) is 1.00. The molecule has 0 radical (unpaired) electrons. The third-order valence-corrected chi connectivity index (χ3v) is 3.14. The van der Waals surface area contributed by atoms with Crippen LogP contribution in [0.5, 0.6) is 0 Å². The molecule has 1 saturated carbocycles. The van der Waals surface area contributed by atoms with Gasteiger partial charge in [0.1, 0.15) is 0 Å². The van der Waals surface area contributed by atoms with Crippen molar-refractivity contribution < 1.29 is 5.11 Å². The smallest absolute Gasteiger partial charge is 0.0636 e. The summed E-state index contributed by atoms with van der Waals surface area (Å²) in [5, 5.41) is 12.4. The molecule has 2 N–H and O–H groups in total. The van der Waals surface area contributed by atoms with Gasteiger partial charge in [0, 0.05) is 6.54 Å². The van der Waals surface area contributed by atoms with E-state index in [9.17, 15) is 0 Å². The number of nitrogens with one attached hydrogen (secondary N) is 1. The second-order valence-electron chi connectivity index (χ2n) is 4.53. The Morgan fingerprint density at radius 2 is 2.08 bits per heavy atom. The summed E-state index contributed by atoms with van der Waals surface area (Å²) < 4.78 is 0. The molecule has 1 rings (SSSR count). The largest absolute Gasteiger partial charge is 0.392 e. The van der Waals surface area contributed by atoms with E-state index in [0.29, 0.717) is 0 Å². The lowest BCUT2D eigenvalue weighted by atomic mass is 9.80. The van der Waals surface area contributed by atoms with Crippen LogP contribution in [0.15, 0.2) is 0 Å². The quantitative estimate of drug-likeness (QED) is 0.700. The summed E-state index contributed by atoms with van der Waals surface area (Å²) in [5.41, 5.74) is 0. The monoisotopic (exact) mass is 185 g/mol. The minimum atomic E-state index is -0.209. The lowest BCUT2D eigenvalue weighted by Gasteiger charge is -2.29. The van der Waals surface area contributed by atoms with Crippen molar-refractivity contribution in [3.05, 3.63) is 0 Å². The molecule has 1 aliphatic carbocycles. The van der Waals surface area contributed by atoms with Crippen molar-refractivity contribution >= 4 is 0 Å². The number of aliphatic hydroxyl groups is 1. The molecule has 0 aromatic heterocycles. The zero-order chi connectivity index (χ0) is 9.68. The van der Waals surface area contributed by atoms with Crippen molar-refractivity contribution in [2.45, 2.75) is 45.6 Å². The van der Waals surface area contributed by atoms with E-state index in [4.69, 9.17) is 5.11 Å². The topological polar surface area (TPSA) is 32.3 Å². The van der Waals surface area contributed by atoms with E-state index in [-0.39, 0.29) is 6.10 Å². The van der Waals surface area contributed by atoms with Gasteiger partial charge in [0.15, 0.2) is 0 Å².